The van der Waals surface area contributed by atoms with Crippen LogP contribution in [0.2, 0.25) is 0 Å². The SMILES string of the molecule is Cc1ccc(NC(=O)C2(C(=O)Nc3ccccc3C)CC2)cc1C. The van der Waals surface area contributed by atoms with Gasteiger partial charge in [-0.15, -0.1) is 0 Å². The van der Waals surface area contributed by atoms with Crippen LogP contribution in [-0.2, 0) is 9.59 Å². The number of hydrogen-bond donors (Lipinski definition) is 2. The molecule has 0 aliphatic heterocycles. The number of aryl methyl sites for hydroxylation is 3. The second-order valence-corrected chi connectivity index (χ2v) is 6.60. The number of carbonyl (C=O) groups is 2. The molecule has 2 amide bonds. The highest BCUT2D eigenvalue weighted by Gasteiger charge is 2.56. The molecular formula is C20H22N2O2. The first-order chi connectivity index (χ1) is 11.4. The molecule has 0 heterocycles. The average molecular weight is 322 g/mol. The molecule has 0 aromatic heterocycles. The molecule has 0 atom stereocenters. The molecule has 2 N–H and O–H groups in total. The summed E-state index contributed by atoms with van der Waals surface area (Å²) in [5.41, 5.74) is 3.82. The zero-order valence-electron chi connectivity index (χ0n) is 14.3. The van der Waals surface area contributed by atoms with Gasteiger partial charge in [-0.25, -0.2) is 0 Å². The lowest BCUT2D eigenvalue weighted by atomic mass is 10.0. The molecule has 2 aromatic rings. The fraction of sp³-hybridized carbons (Fsp3) is 0.300. The fourth-order valence-electron chi connectivity index (χ4n) is 2.71. The Hall–Kier alpha value is -2.62. The summed E-state index contributed by atoms with van der Waals surface area (Å²) in [4.78, 5) is 25.3. The zero-order valence-corrected chi connectivity index (χ0v) is 14.3. The lowest BCUT2D eigenvalue weighted by Gasteiger charge is -2.17. The van der Waals surface area contributed by atoms with Gasteiger partial charge in [-0.05, 0) is 68.5 Å². The minimum absolute atomic E-state index is 0.224. The molecule has 24 heavy (non-hydrogen) atoms. The molecule has 0 unspecified atom stereocenters. The maximum absolute atomic E-state index is 12.6. The molecule has 2 aromatic carbocycles. The summed E-state index contributed by atoms with van der Waals surface area (Å²) in [5.74, 6) is -0.449. The monoisotopic (exact) mass is 322 g/mol. The van der Waals surface area contributed by atoms with Crippen LogP contribution in [0.5, 0.6) is 0 Å². The molecule has 4 nitrogen and oxygen atoms in total. The van der Waals surface area contributed by atoms with Gasteiger partial charge in [0.1, 0.15) is 5.41 Å². The van der Waals surface area contributed by atoms with Crippen molar-refractivity contribution in [2.24, 2.45) is 5.41 Å². The fourth-order valence-corrected chi connectivity index (χ4v) is 2.71. The topological polar surface area (TPSA) is 58.2 Å². The lowest BCUT2D eigenvalue weighted by Crippen LogP contribution is -2.35. The molecule has 3 rings (SSSR count). The first kappa shape index (κ1) is 16.2. The van der Waals surface area contributed by atoms with Gasteiger partial charge in [0, 0.05) is 11.4 Å². The largest absolute Gasteiger partial charge is 0.325 e. The Balaban J connectivity index is 1.73. The van der Waals surface area contributed by atoms with Crippen LogP contribution in [0.4, 0.5) is 11.4 Å². The van der Waals surface area contributed by atoms with Crippen molar-refractivity contribution in [3.05, 3.63) is 59.2 Å². The third kappa shape index (κ3) is 3.04. The summed E-state index contributed by atoms with van der Waals surface area (Å²) < 4.78 is 0. The van der Waals surface area contributed by atoms with Gasteiger partial charge >= 0.3 is 0 Å². The number of rotatable bonds is 4. The Morgan fingerprint density at radius 1 is 0.833 bits per heavy atom. The smallest absolute Gasteiger partial charge is 0.240 e. The van der Waals surface area contributed by atoms with Gasteiger partial charge < -0.3 is 10.6 Å². The quantitative estimate of drug-likeness (QED) is 0.837. The Labute approximate surface area is 142 Å². The van der Waals surface area contributed by atoms with Crippen LogP contribution in [0, 0.1) is 26.2 Å². The maximum atomic E-state index is 12.6. The molecule has 1 aliphatic rings. The molecule has 1 aliphatic carbocycles. The maximum Gasteiger partial charge on any atom is 0.240 e. The van der Waals surface area contributed by atoms with E-state index < -0.39 is 5.41 Å². The van der Waals surface area contributed by atoms with Crippen LogP contribution in [0.15, 0.2) is 42.5 Å². The van der Waals surface area contributed by atoms with Gasteiger partial charge in [0.25, 0.3) is 0 Å². The van der Waals surface area contributed by atoms with E-state index in [1.807, 2.05) is 63.2 Å². The molecule has 4 heteroatoms. The van der Waals surface area contributed by atoms with E-state index in [1.165, 1.54) is 5.56 Å². The van der Waals surface area contributed by atoms with E-state index >= 15 is 0 Å². The van der Waals surface area contributed by atoms with Crippen molar-refractivity contribution in [2.45, 2.75) is 33.6 Å². The first-order valence-electron chi connectivity index (χ1n) is 8.18. The zero-order chi connectivity index (χ0) is 17.3. The van der Waals surface area contributed by atoms with E-state index in [-0.39, 0.29) is 11.8 Å². The lowest BCUT2D eigenvalue weighted by molar-refractivity contribution is -0.131. The van der Waals surface area contributed by atoms with Crippen molar-refractivity contribution < 1.29 is 9.59 Å². The second-order valence-electron chi connectivity index (χ2n) is 6.60. The standard InChI is InChI=1S/C20H22N2O2/c1-13-8-9-16(12-15(13)3)21-18(23)20(10-11-20)19(24)22-17-7-5-4-6-14(17)2/h4-9,12H,10-11H2,1-3H3,(H,21,23)(H,22,24). The molecule has 124 valence electrons. The number of amides is 2. The van der Waals surface area contributed by atoms with Crippen LogP contribution in [0.3, 0.4) is 0 Å². The predicted octanol–water partition coefficient (Wildman–Crippen LogP) is 3.97. The Bertz CT molecular complexity index is 807. The van der Waals surface area contributed by atoms with Crippen molar-refractivity contribution in [3.63, 3.8) is 0 Å². The number of nitrogens with one attached hydrogen (secondary N) is 2. The number of hydrogen-bond acceptors (Lipinski definition) is 2. The van der Waals surface area contributed by atoms with E-state index in [4.69, 9.17) is 0 Å². The molecule has 0 spiro atoms. The highest BCUT2D eigenvalue weighted by molar-refractivity contribution is 6.17. The Morgan fingerprint density at radius 3 is 2.12 bits per heavy atom. The van der Waals surface area contributed by atoms with Crippen molar-refractivity contribution >= 4 is 23.2 Å². The van der Waals surface area contributed by atoms with Crippen LogP contribution >= 0.6 is 0 Å². The van der Waals surface area contributed by atoms with E-state index in [0.717, 1.165) is 22.5 Å². The minimum atomic E-state index is -0.943. The van der Waals surface area contributed by atoms with Crippen molar-refractivity contribution in [1.29, 1.82) is 0 Å². The first-order valence-corrected chi connectivity index (χ1v) is 8.18. The number of benzene rings is 2. The van der Waals surface area contributed by atoms with Gasteiger partial charge in [-0.1, -0.05) is 24.3 Å². The predicted molar refractivity (Wildman–Crippen MR) is 96.0 cm³/mol. The minimum Gasteiger partial charge on any atom is -0.325 e. The highest BCUT2D eigenvalue weighted by atomic mass is 16.2. The van der Waals surface area contributed by atoms with Crippen LogP contribution in [0.25, 0.3) is 0 Å². The van der Waals surface area contributed by atoms with Crippen LogP contribution in [-0.4, -0.2) is 11.8 Å². The molecule has 1 fully saturated rings. The van der Waals surface area contributed by atoms with E-state index in [2.05, 4.69) is 10.6 Å². The summed E-state index contributed by atoms with van der Waals surface area (Å²) >= 11 is 0. The molecule has 0 radical (unpaired) electrons. The van der Waals surface area contributed by atoms with E-state index in [9.17, 15) is 9.59 Å². The number of anilines is 2. The summed E-state index contributed by atoms with van der Waals surface area (Å²) in [6.45, 7) is 5.96. The van der Waals surface area contributed by atoms with Crippen LogP contribution in [0.1, 0.15) is 29.5 Å². The van der Waals surface area contributed by atoms with Gasteiger partial charge in [0.15, 0.2) is 0 Å². The average Bonchev–Trinajstić information content (AvgIpc) is 3.35. The third-order valence-corrected chi connectivity index (χ3v) is 4.78. The van der Waals surface area contributed by atoms with Crippen molar-refractivity contribution in [2.75, 3.05) is 10.6 Å². The summed E-state index contributed by atoms with van der Waals surface area (Å²) in [6, 6.07) is 13.4. The number of carbonyl (C=O) groups excluding carboxylic acids is 2. The van der Waals surface area contributed by atoms with Crippen molar-refractivity contribution in [1.82, 2.24) is 0 Å². The van der Waals surface area contributed by atoms with Gasteiger partial charge in [-0.3, -0.25) is 9.59 Å². The molecule has 1 saturated carbocycles. The van der Waals surface area contributed by atoms with Gasteiger partial charge in [-0.2, -0.15) is 0 Å². The third-order valence-electron chi connectivity index (χ3n) is 4.78. The van der Waals surface area contributed by atoms with E-state index in [0.29, 0.717) is 12.8 Å². The van der Waals surface area contributed by atoms with E-state index in [1.54, 1.807) is 0 Å². The van der Waals surface area contributed by atoms with Crippen LogP contribution < -0.4 is 10.6 Å². The van der Waals surface area contributed by atoms with Gasteiger partial charge in [0.05, 0.1) is 0 Å². The summed E-state index contributed by atoms with van der Waals surface area (Å²) in [6.07, 6.45) is 1.17. The molecule has 0 saturated heterocycles. The summed E-state index contributed by atoms with van der Waals surface area (Å²) in [7, 11) is 0. The normalized spacial score (nSPS) is 14.8. The highest BCUT2D eigenvalue weighted by Crippen LogP contribution is 2.47. The molecular weight excluding hydrogens is 300 g/mol. The molecule has 0 bridgehead atoms. The summed E-state index contributed by atoms with van der Waals surface area (Å²) in [5, 5.41) is 5.79. The van der Waals surface area contributed by atoms with Gasteiger partial charge in [0.2, 0.25) is 11.8 Å². The second kappa shape index (κ2) is 6.11. The Kier molecular flexibility index (Phi) is 4.14. The Morgan fingerprint density at radius 2 is 1.50 bits per heavy atom. The number of para-hydroxylation sites is 1. The van der Waals surface area contributed by atoms with Crippen molar-refractivity contribution in [3.8, 4) is 0 Å².